The molecule has 2 heterocycles. The molecule has 0 unspecified atom stereocenters. The lowest BCUT2D eigenvalue weighted by atomic mass is 9.94. The number of rotatable bonds is 6. The van der Waals surface area contributed by atoms with E-state index in [1.807, 2.05) is 63.2 Å². The van der Waals surface area contributed by atoms with Gasteiger partial charge in [0.05, 0.1) is 32.0 Å². The smallest absolute Gasteiger partial charge is 0.228 e. The Kier molecular flexibility index (Phi) is 5.35. The van der Waals surface area contributed by atoms with Gasteiger partial charge in [-0.15, -0.1) is 0 Å². The second kappa shape index (κ2) is 7.70. The van der Waals surface area contributed by atoms with E-state index < -0.39 is 5.41 Å². The number of hydrogen-bond acceptors (Lipinski definition) is 5. The number of nitrogens with zero attached hydrogens (tertiary/aromatic N) is 2. The van der Waals surface area contributed by atoms with Crippen LogP contribution < -0.4 is 4.74 Å². The van der Waals surface area contributed by atoms with Gasteiger partial charge in [-0.1, -0.05) is 38.1 Å². The van der Waals surface area contributed by atoms with Crippen molar-refractivity contribution in [2.24, 2.45) is 5.41 Å². The van der Waals surface area contributed by atoms with Crippen LogP contribution in [0.3, 0.4) is 0 Å². The number of amides is 1. The summed E-state index contributed by atoms with van der Waals surface area (Å²) in [7, 11) is 1.61. The molecular formula is C21H24N2O4. The first-order chi connectivity index (χ1) is 12.9. The quantitative estimate of drug-likeness (QED) is 0.640. The Morgan fingerprint density at radius 2 is 1.93 bits per heavy atom. The van der Waals surface area contributed by atoms with Crippen molar-refractivity contribution in [1.82, 2.24) is 10.1 Å². The van der Waals surface area contributed by atoms with Crippen LogP contribution in [-0.4, -0.2) is 23.1 Å². The first-order valence-electron chi connectivity index (χ1n) is 8.79. The maximum Gasteiger partial charge on any atom is 0.228 e. The Hall–Kier alpha value is -3.02. The van der Waals surface area contributed by atoms with Crippen LogP contribution in [0.5, 0.6) is 5.75 Å². The fourth-order valence-corrected chi connectivity index (χ4v) is 2.82. The number of benzene rings is 1. The molecule has 1 amide bonds. The van der Waals surface area contributed by atoms with Gasteiger partial charge in [0, 0.05) is 11.5 Å². The first-order valence-corrected chi connectivity index (χ1v) is 8.79. The van der Waals surface area contributed by atoms with E-state index in [0.717, 1.165) is 11.3 Å². The largest absolute Gasteiger partial charge is 0.496 e. The topological polar surface area (TPSA) is 68.7 Å². The normalized spacial score (nSPS) is 11.4. The van der Waals surface area contributed by atoms with Gasteiger partial charge < -0.3 is 18.6 Å². The average Bonchev–Trinajstić information content (AvgIpc) is 3.31. The maximum absolute atomic E-state index is 12.9. The first kappa shape index (κ1) is 18.8. The summed E-state index contributed by atoms with van der Waals surface area (Å²) in [6, 6.07) is 13.1. The third-order valence-electron chi connectivity index (χ3n) is 4.14. The molecule has 0 spiro atoms. The molecule has 6 heteroatoms. The molecule has 0 radical (unpaired) electrons. The highest BCUT2D eigenvalue weighted by Gasteiger charge is 2.28. The standard InChI is InChI=1S/C21H24N2O4/c1-21(2,3)20(24)23(14-16-8-7-11-26-16)13-15-12-19(27-22-15)17-9-5-6-10-18(17)25-4/h5-12H,13-14H2,1-4H3. The molecule has 0 N–H and O–H groups in total. The molecular weight excluding hydrogens is 344 g/mol. The molecule has 0 bridgehead atoms. The molecule has 0 fully saturated rings. The molecule has 0 aliphatic heterocycles. The Morgan fingerprint density at radius 3 is 2.59 bits per heavy atom. The molecule has 2 aromatic heterocycles. The Bertz CT molecular complexity index is 891. The third-order valence-corrected chi connectivity index (χ3v) is 4.14. The van der Waals surface area contributed by atoms with E-state index in [0.29, 0.717) is 30.3 Å². The summed E-state index contributed by atoms with van der Waals surface area (Å²) in [5.41, 5.74) is 0.973. The Morgan fingerprint density at radius 1 is 1.15 bits per heavy atom. The van der Waals surface area contributed by atoms with Crippen LogP contribution in [0.4, 0.5) is 0 Å². The van der Waals surface area contributed by atoms with Crippen LogP contribution >= 0.6 is 0 Å². The van der Waals surface area contributed by atoms with Crippen molar-refractivity contribution in [2.75, 3.05) is 7.11 Å². The van der Waals surface area contributed by atoms with Crippen LogP contribution in [-0.2, 0) is 17.9 Å². The summed E-state index contributed by atoms with van der Waals surface area (Å²) in [6.07, 6.45) is 1.60. The molecule has 0 aliphatic rings. The molecule has 142 valence electrons. The molecule has 3 aromatic rings. The van der Waals surface area contributed by atoms with Crippen molar-refractivity contribution >= 4 is 5.91 Å². The van der Waals surface area contributed by atoms with E-state index >= 15 is 0 Å². The average molecular weight is 368 g/mol. The summed E-state index contributed by atoms with van der Waals surface area (Å²) >= 11 is 0. The number of aromatic nitrogens is 1. The van der Waals surface area contributed by atoms with Crippen LogP contribution in [0.2, 0.25) is 0 Å². The van der Waals surface area contributed by atoms with E-state index in [1.54, 1.807) is 18.3 Å². The van der Waals surface area contributed by atoms with Gasteiger partial charge in [-0.3, -0.25) is 4.79 Å². The molecule has 27 heavy (non-hydrogen) atoms. The van der Waals surface area contributed by atoms with Crippen LogP contribution in [0.25, 0.3) is 11.3 Å². The lowest BCUT2D eigenvalue weighted by Crippen LogP contribution is -2.38. The Labute approximate surface area is 158 Å². The van der Waals surface area contributed by atoms with Crippen molar-refractivity contribution in [3.63, 3.8) is 0 Å². The summed E-state index contributed by atoms with van der Waals surface area (Å²) in [6.45, 7) is 6.39. The van der Waals surface area contributed by atoms with E-state index in [9.17, 15) is 4.79 Å². The van der Waals surface area contributed by atoms with Crippen molar-refractivity contribution in [3.8, 4) is 17.1 Å². The van der Waals surface area contributed by atoms with Gasteiger partial charge in [0.15, 0.2) is 5.76 Å². The highest BCUT2D eigenvalue weighted by atomic mass is 16.5. The van der Waals surface area contributed by atoms with Crippen LogP contribution in [0.1, 0.15) is 32.2 Å². The van der Waals surface area contributed by atoms with Gasteiger partial charge in [0.25, 0.3) is 0 Å². The zero-order valence-corrected chi connectivity index (χ0v) is 16.1. The number of methoxy groups -OCH3 is 1. The second-order valence-electron chi connectivity index (χ2n) is 7.37. The number of ether oxygens (including phenoxy) is 1. The maximum atomic E-state index is 12.9. The van der Waals surface area contributed by atoms with Gasteiger partial charge in [0.1, 0.15) is 17.2 Å². The van der Waals surface area contributed by atoms with Crippen molar-refractivity contribution in [2.45, 2.75) is 33.9 Å². The van der Waals surface area contributed by atoms with E-state index in [1.165, 1.54) is 0 Å². The lowest BCUT2D eigenvalue weighted by Gasteiger charge is -2.28. The van der Waals surface area contributed by atoms with Gasteiger partial charge >= 0.3 is 0 Å². The number of hydrogen-bond donors (Lipinski definition) is 0. The van der Waals surface area contributed by atoms with Crippen LogP contribution in [0, 0.1) is 5.41 Å². The predicted octanol–water partition coefficient (Wildman–Crippen LogP) is 4.52. The molecule has 3 rings (SSSR count). The van der Waals surface area contributed by atoms with E-state index in [4.69, 9.17) is 13.7 Å². The Balaban J connectivity index is 1.84. The molecule has 6 nitrogen and oxygen atoms in total. The van der Waals surface area contributed by atoms with Gasteiger partial charge in [-0.25, -0.2) is 0 Å². The SMILES string of the molecule is COc1ccccc1-c1cc(CN(Cc2ccco2)C(=O)C(C)(C)C)no1. The minimum absolute atomic E-state index is 0.0146. The zero-order chi connectivity index (χ0) is 19.4. The zero-order valence-electron chi connectivity index (χ0n) is 16.1. The number of carbonyl (C=O) groups excluding carboxylic acids is 1. The van der Waals surface area contributed by atoms with Gasteiger partial charge in [-0.05, 0) is 24.3 Å². The predicted molar refractivity (Wildman–Crippen MR) is 101 cm³/mol. The van der Waals surface area contributed by atoms with Gasteiger partial charge in [0.2, 0.25) is 5.91 Å². The summed E-state index contributed by atoms with van der Waals surface area (Å²) in [4.78, 5) is 14.6. The molecule has 1 aromatic carbocycles. The molecule has 0 saturated carbocycles. The number of furan rings is 1. The molecule has 0 aliphatic carbocycles. The third kappa shape index (κ3) is 4.39. The van der Waals surface area contributed by atoms with Crippen LogP contribution in [0.15, 0.2) is 57.7 Å². The summed E-state index contributed by atoms with van der Waals surface area (Å²) < 4.78 is 16.3. The fraction of sp³-hybridized carbons (Fsp3) is 0.333. The minimum atomic E-state index is -0.512. The summed E-state index contributed by atoms with van der Waals surface area (Å²) in [5.74, 6) is 2.05. The van der Waals surface area contributed by atoms with Gasteiger partial charge in [-0.2, -0.15) is 0 Å². The highest BCUT2D eigenvalue weighted by Crippen LogP contribution is 2.30. The highest BCUT2D eigenvalue weighted by molar-refractivity contribution is 5.81. The lowest BCUT2D eigenvalue weighted by molar-refractivity contribution is -0.141. The van der Waals surface area contributed by atoms with Crippen molar-refractivity contribution in [3.05, 3.63) is 60.2 Å². The summed E-state index contributed by atoms with van der Waals surface area (Å²) in [5, 5.41) is 4.15. The van der Waals surface area contributed by atoms with E-state index in [2.05, 4.69) is 5.16 Å². The molecule has 0 saturated heterocycles. The van der Waals surface area contributed by atoms with Crippen molar-refractivity contribution in [1.29, 1.82) is 0 Å². The molecule has 0 atom stereocenters. The second-order valence-corrected chi connectivity index (χ2v) is 7.37. The fourth-order valence-electron chi connectivity index (χ4n) is 2.82. The van der Waals surface area contributed by atoms with Crippen molar-refractivity contribution < 1.29 is 18.5 Å². The van der Waals surface area contributed by atoms with E-state index in [-0.39, 0.29) is 5.91 Å². The number of carbonyl (C=O) groups is 1. The number of para-hydroxylation sites is 1. The monoisotopic (exact) mass is 368 g/mol. The minimum Gasteiger partial charge on any atom is -0.496 e.